The van der Waals surface area contributed by atoms with Crippen molar-refractivity contribution in [2.45, 2.75) is 233 Å². The van der Waals surface area contributed by atoms with E-state index in [-0.39, 0.29) is 31.1 Å². The van der Waals surface area contributed by atoms with E-state index in [1.807, 2.05) is 0 Å². The van der Waals surface area contributed by atoms with Crippen LogP contribution in [0, 0.1) is 5.92 Å². The fraction of sp³-hybridized carbons (Fsp3) is 0.929. The maximum absolute atomic E-state index is 12.6. The normalized spacial score (nSPS) is 11.9. The lowest BCUT2D eigenvalue weighted by Gasteiger charge is -2.18. The monoisotopic (exact) mass is 681 g/mol. The summed E-state index contributed by atoms with van der Waals surface area (Å²) in [5, 5.41) is 0. The van der Waals surface area contributed by atoms with Gasteiger partial charge in [0.2, 0.25) is 0 Å². The second kappa shape index (κ2) is 36.7. The van der Waals surface area contributed by atoms with E-state index < -0.39 is 6.10 Å². The molecular weight excluding hydrogens is 600 g/mol. The highest BCUT2D eigenvalue weighted by atomic mass is 16.6. The van der Waals surface area contributed by atoms with Gasteiger partial charge in [-0.25, -0.2) is 0 Å². The minimum atomic E-state index is -0.757. The van der Waals surface area contributed by atoms with Crippen LogP contribution in [-0.4, -0.2) is 37.2 Å². The molecule has 0 heterocycles. The van der Waals surface area contributed by atoms with Crippen molar-refractivity contribution in [2.24, 2.45) is 5.92 Å². The minimum absolute atomic E-state index is 0.0651. The Balaban J connectivity index is 4.28. The molecule has 0 spiro atoms. The molecule has 0 aromatic rings. The summed E-state index contributed by atoms with van der Waals surface area (Å²) >= 11 is 0. The van der Waals surface area contributed by atoms with Crippen molar-refractivity contribution >= 4 is 17.9 Å². The van der Waals surface area contributed by atoms with Crippen LogP contribution >= 0.6 is 0 Å². The zero-order valence-electron chi connectivity index (χ0n) is 32.4. The lowest BCUT2D eigenvalue weighted by molar-refractivity contribution is -0.167. The molecule has 1 atom stereocenters. The molecule has 0 radical (unpaired) electrons. The van der Waals surface area contributed by atoms with Crippen molar-refractivity contribution in [3.05, 3.63) is 0 Å². The third-order valence-corrected chi connectivity index (χ3v) is 9.29. The molecule has 0 aromatic heterocycles. The topological polar surface area (TPSA) is 78.9 Å². The number of unbranched alkanes of at least 4 members (excludes halogenated alkanes) is 24. The summed E-state index contributed by atoms with van der Waals surface area (Å²) in [7, 11) is 0. The Morgan fingerprint density at radius 1 is 0.396 bits per heavy atom. The molecule has 0 rings (SSSR count). The number of rotatable bonds is 37. The highest BCUT2D eigenvalue weighted by Gasteiger charge is 2.19. The Hall–Kier alpha value is -1.59. The molecule has 0 aliphatic carbocycles. The third kappa shape index (κ3) is 35.7. The van der Waals surface area contributed by atoms with Crippen LogP contribution in [0.5, 0.6) is 0 Å². The van der Waals surface area contributed by atoms with Crippen LogP contribution in [0.1, 0.15) is 227 Å². The summed E-state index contributed by atoms with van der Waals surface area (Å²) in [4.78, 5) is 37.4. The van der Waals surface area contributed by atoms with Crippen molar-refractivity contribution in [2.75, 3.05) is 13.2 Å². The highest BCUT2D eigenvalue weighted by molar-refractivity contribution is 5.71. The van der Waals surface area contributed by atoms with Crippen molar-refractivity contribution in [3.8, 4) is 0 Å². The number of carbonyl (C=O) groups excluding carboxylic acids is 3. The fourth-order valence-corrected chi connectivity index (χ4v) is 6.10. The Morgan fingerprint density at radius 2 is 0.688 bits per heavy atom. The van der Waals surface area contributed by atoms with Crippen LogP contribution in [0.4, 0.5) is 0 Å². The van der Waals surface area contributed by atoms with Crippen molar-refractivity contribution in [3.63, 3.8) is 0 Å². The second-order valence-electron chi connectivity index (χ2n) is 14.7. The number of esters is 3. The van der Waals surface area contributed by atoms with E-state index in [9.17, 15) is 14.4 Å². The first kappa shape index (κ1) is 46.4. The first-order chi connectivity index (χ1) is 23.4. The Bertz CT molecular complexity index is 721. The SMILES string of the molecule is CCCCCCCCCCCCCC(=O)OC[C@H](COC(=O)CCCCCCCCCCCC(C)C)OC(=O)CCCCCCCCC. The Labute approximate surface area is 298 Å². The lowest BCUT2D eigenvalue weighted by Crippen LogP contribution is -2.30. The van der Waals surface area contributed by atoms with Crippen molar-refractivity contribution < 1.29 is 28.6 Å². The molecule has 0 saturated heterocycles. The molecule has 0 N–H and O–H groups in total. The van der Waals surface area contributed by atoms with Gasteiger partial charge in [-0.05, 0) is 25.2 Å². The standard InChI is InChI=1S/C42H80O6/c1-5-7-9-11-13-14-15-18-22-25-29-33-40(43)46-36-39(48-42(45)35-31-27-20-12-10-8-6-2)37-47-41(44)34-30-26-23-19-16-17-21-24-28-32-38(3)4/h38-39H,5-37H2,1-4H3/t39-/m1/s1. The van der Waals surface area contributed by atoms with Crippen LogP contribution in [0.15, 0.2) is 0 Å². The zero-order valence-corrected chi connectivity index (χ0v) is 32.4. The van der Waals surface area contributed by atoms with Crippen LogP contribution in [-0.2, 0) is 28.6 Å². The van der Waals surface area contributed by atoms with Gasteiger partial charge in [0.05, 0.1) is 0 Å². The van der Waals surface area contributed by atoms with Gasteiger partial charge in [0.15, 0.2) is 6.10 Å². The number of hydrogen-bond acceptors (Lipinski definition) is 6. The number of hydrogen-bond donors (Lipinski definition) is 0. The molecule has 0 saturated carbocycles. The molecule has 0 fully saturated rings. The molecule has 6 heteroatoms. The van der Waals surface area contributed by atoms with E-state index in [1.54, 1.807) is 0 Å². The molecule has 0 amide bonds. The molecule has 6 nitrogen and oxygen atoms in total. The summed E-state index contributed by atoms with van der Waals surface area (Å²) in [5.74, 6) is -0.0591. The van der Waals surface area contributed by atoms with Crippen molar-refractivity contribution in [1.82, 2.24) is 0 Å². The van der Waals surface area contributed by atoms with Crippen LogP contribution < -0.4 is 0 Å². The Kier molecular flexibility index (Phi) is 35.5. The Morgan fingerprint density at radius 3 is 1.02 bits per heavy atom. The molecule has 0 aromatic carbocycles. The van der Waals surface area contributed by atoms with Gasteiger partial charge in [-0.15, -0.1) is 0 Å². The van der Waals surface area contributed by atoms with Gasteiger partial charge in [-0.2, -0.15) is 0 Å². The van der Waals surface area contributed by atoms with Crippen LogP contribution in [0.25, 0.3) is 0 Å². The minimum Gasteiger partial charge on any atom is -0.462 e. The summed E-state index contributed by atoms with van der Waals surface area (Å²) in [5.41, 5.74) is 0. The van der Waals surface area contributed by atoms with Crippen LogP contribution in [0.3, 0.4) is 0 Å². The van der Waals surface area contributed by atoms with Gasteiger partial charge >= 0.3 is 17.9 Å². The largest absolute Gasteiger partial charge is 0.462 e. The van der Waals surface area contributed by atoms with Gasteiger partial charge in [-0.1, -0.05) is 188 Å². The highest BCUT2D eigenvalue weighted by Crippen LogP contribution is 2.15. The molecule has 48 heavy (non-hydrogen) atoms. The quantitative estimate of drug-likeness (QED) is 0.0369. The predicted molar refractivity (Wildman–Crippen MR) is 201 cm³/mol. The predicted octanol–water partition coefficient (Wildman–Crippen LogP) is 12.8. The summed E-state index contributed by atoms with van der Waals surface area (Å²) < 4.78 is 16.6. The molecule has 0 unspecified atom stereocenters. The molecule has 0 bridgehead atoms. The first-order valence-corrected chi connectivity index (χ1v) is 20.9. The van der Waals surface area contributed by atoms with Gasteiger partial charge < -0.3 is 14.2 Å². The van der Waals surface area contributed by atoms with Gasteiger partial charge in [-0.3, -0.25) is 14.4 Å². The molecular formula is C42H80O6. The maximum Gasteiger partial charge on any atom is 0.306 e. The molecule has 284 valence electrons. The van der Waals surface area contributed by atoms with Gasteiger partial charge in [0.25, 0.3) is 0 Å². The molecule has 0 aliphatic rings. The summed E-state index contributed by atoms with van der Waals surface area (Å²) in [6.07, 6.45) is 33.8. The lowest BCUT2D eigenvalue weighted by atomic mass is 10.0. The average Bonchev–Trinajstić information content (AvgIpc) is 3.06. The van der Waals surface area contributed by atoms with E-state index in [0.717, 1.165) is 63.7 Å². The summed E-state index contributed by atoms with van der Waals surface area (Å²) in [6.45, 7) is 8.91. The average molecular weight is 681 g/mol. The van der Waals surface area contributed by atoms with Crippen molar-refractivity contribution in [1.29, 1.82) is 0 Å². The first-order valence-electron chi connectivity index (χ1n) is 20.9. The van der Waals surface area contributed by atoms with Gasteiger partial charge in [0.1, 0.15) is 13.2 Å². The smallest absolute Gasteiger partial charge is 0.306 e. The number of ether oxygens (including phenoxy) is 3. The van der Waals surface area contributed by atoms with Gasteiger partial charge in [0, 0.05) is 19.3 Å². The third-order valence-electron chi connectivity index (χ3n) is 9.29. The number of carbonyl (C=O) groups is 3. The fourth-order valence-electron chi connectivity index (χ4n) is 6.10. The van der Waals surface area contributed by atoms with E-state index in [1.165, 1.54) is 122 Å². The van der Waals surface area contributed by atoms with Crippen LogP contribution in [0.2, 0.25) is 0 Å². The van der Waals surface area contributed by atoms with E-state index in [0.29, 0.717) is 19.3 Å². The maximum atomic E-state index is 12.6. The van der Waals surface area contributed by atoms with E-state index in [4.69, 9.17) is 14.2 Å². The summed E-state index contributed by atoms with van der Waals surface area (Å²) in [6, 6.07) is 0. The van der Waals surface area contributed by atoms with E-state index in [2.05, 4.69) is 27.7 Å². The molecule has 0 aliphatic heterocycles. The van der Waals surface area contributed by atoms with E-state index >= 15 is 0 Å². The zero-order chi connectivity index (χ0) is 35.3. The second-order valence-corrected chi connectivity index (χ2v) is 14.7.